The second kappa shape index (κ2) is 7.96. The Morgan fingerprint density at radius 2 is 2.00 bits per heavy atom. The zero-order valence-electron chi connectivity index (χ0n) is 14.4. The van der Waals surface area contributed by atoms with Crippen LogP contribution in [0.4, 0.5) is 5.82 Å². The molecule has 0 saturated heterocycles. The van der Waals surface area contributed by atoms with Crippen LogP contribution in [0.25, 0.3) is 0 Å². The van der Waals surface area contributed by atoms with Crippen molar-refractivity contribution in [3.05, 3.63) is 48.2 Å². The maximum Gasteiger partial charge on any atom is 0.227 e. The number of carbonyl (C=O) groups is 2. The molecule has 0 radical (unpaired) electrons. The minimum Gasteiger partial charge on any atom is -0.355 e. The number of hydrogen-bond donors (Lipinski definition) is 2. The van der Waals surface area contributed by atoms with E-state index >= 15 is 0 Å². The van der Waals surface area contributed by atoms with Crippen LogP contribution in [0, 0.1) is 11.8 Å². The van der Waals surface area contributed by atoms with Crippen LogP contribution in [0.15, 0.2) is 42.6 Å². The summed E-state index contributed by atoms with van der Waals surface area (Å²) in [6.45, 7) is 3.13. The van der Waals surface area contributed by atoms with Gasteiger partial charge >= 0.3 is 0 Å². The standard InChI is InChI=1S/C19H24N4O2/c1-14-13-16(14)19(25)20-10-8-18(24)22-17-7-11-21-23(17)12-9-15-5-3-2-4-6-15/h2-7,11,14,16H,8-10,12-13H2,1H3,(H,20,25)(H,22,24)/t14-,16+/m1/s1. The molecule has 1 saturated carbocycles. The molecule has 2 atom stereocenters. The topological polar surface area (TPSA) is 76.0 Å². The van der Waals surface area contributed by atoms with Gasteiger partial charge in [0.1, 0.15) is 5.82 Å². The summed E-state index contributed by atoms with van der Waals surface area (Å²) in [6.07, 6.45) is 3.74. The molecule has 0 aliphatic heterocycles. The number of nitrogens with zero attached hydrogens (tertiary/aromatic N) is 2. The van der Waals surface area contributed by atoms with Crippen LogP contribution in [-0.2, 0) is 22.6 Å². The van der Waals surface area contributed by atoms with Crippen molar-refractivity contribution in [3.63, 3.8) is 0 Å². The van der Waals surface area contributed by atoms with Crippen LogP contribution in [0.1, 0.15) is 25.3 Å². The lowest BCUT2D eigenvalue weighted by atomic mass is 10.1. The van der Waals surface area contributed by atoms with Crippen molar-refractivity contribution in [2.24, 2.45) is 11.8 Å². The van der Waals surface area contributed by atoms with Crippen molar-refractivity contribution in [3.8, 4) is 0 Å². The largest absolute Gasteiger partial charge is 0.355 e. The van der Waals surface area contributed by atoms with Gasteiger partial charge in [-0.1, -0.05) is 37.3 Å². The van der Waals surface area contributed by atoms with Crippen molar-refractivity contribution in [2.45, 2.75) is 32.7 Å². The minimum absolute atomic E-state index is 0.0632. The summed E-state index contributed by atoms with van der Waals surface area (Å²) in [5.74, 6) is 1.25. The van der Waals surface area contributed by atoms with E-state index < -0.39 is 0 Å². The van der Waals surface area contributed by atoms with Gasteiger partial charge in [0.2, 0.25) is 11.8 Å². The molecule has 1 aromatic carbocycles. The molecule has 1 aliphatic carbocycles. The number of carbonyl (C=O) groups excluding carboxylic acids is 2. The highest BCUT2D eigenvalue weighted by Gasteiger charge is 2.38. The van der Waals surface area contributed by atoms with Gasteiger partial charge in [0.05, 0.1) is 6.20 Å². The highest BCUT2D eigenvalue weighted by Crippen LogP contribution is 2.37. The third-order valence-corrected chi connectivity index (χ3v) is 4.54. The molecule has 2 amide bonds. The van der Waals surface area contributed by atoms with E-state index in [1.165, 1.54) is 5.56 Å². The summed E-state index contributed by atoms with van der Waals surface area (Å²) in [4.78, 5) is 23.8. The van der Waals surface area contributed by atoms with E-state index in [1.807, 2.05) is 18.2 Å². The molecule has 2 aromatic rings. The normalized spacial score (nSPS) is 18.6. The summed E-state index contributed by atoms with van der Waals surface area (Å²) in [6, 6.07) is 11.9. The maximum atomic E-state index is 12.1. The van der Waals surface area contributed by atoms with Crippen molar-refractivity contribution < 1.29 is 9.59 Å². The Kier molecular flexibility index (Phi) is 5.48. The molecule has 0 unspecified atom stereocenters. The average Bonchev–Trinajstić information content (AvgIpc) is 3.19. The van der Waals surface area contributed by atoms with Crippen molar-refractivity contribution >= 4 is 17.6 Å². The molecular weight excluding hydrogens is 316 g/mol. The van der Waals surface area contributed by atoms with E-state index in [1.54, 1.807) is 16.9 Å². The molecule has 6 heteroatoms. The average molecular weight is 340 g/mol. The molecule has 0 spiro atoms. The Morgan fingerprint density at radius 1 is 1.24 bits per heavy atom. The van der Waals surface area contributed by atoms with E-state index in [2.05, 4.69) is 34.8 Å². The lowest BCUT2D eigenvalue weighted by Crippen LogP contribution is -2.29. The summed E-state index contributed by atoms with van der Waals surface area (Å²) >= 11 is 0. The van der Waals surface area contributed by atoms with Gasteiger partial charge in [-0.15, -0.1) is 0 Å². The number of rotatable bonds is 8. The molecule has 1 heterocycles. The zero-order chi connectivity index (χ0) is 17.6. The summed E-state index contributed by atoms with van der Waals surface area (Å²) in [5, 5.41) is 9.95. The quantitative estimate of drug-likeness (QED) is 0.774. The third kappa shape index (κ3) is 4.92. The highest BCUT2D eigenvalue weighted by atomic mass is 16.2. The molecule has 1 aliphatic rings. The zero-order valence-corrected chi connectivity index (χ0v) is 14.4. The Balaban J connectivity index is 1.42. The summed E-state index contributed by atoms with van der Waals surface area (Å²) in [7, 11) is 0. The van der Waals surface area contributed by atoms with Crippen LogP contribution in [0.5, 0.6) is 0 Å². The molecular formula is C19H24N4O2. The maximum absolute atomic E-state index is 12.1. The molecule has 1 aromatic heterocycles. The van der Waals surface area contributed by atoms with Crippen molar-refractivity contribution in [2.75, 3.05) is 11.9 Å². The Labute approximate surface area is 147 Å². The van der Waals surface area contributed by atoms with Gasteiger partial charge in [-0.3, -0.25) is 9.59 Å². The second-order valence-electron chi connectivity index (χ2n) is 6.58. The van der Waals surface area contributed by atoms with Crippen LogP contribution in [0.2, 0.25) is 0 Å². The molecule has 1 fully saturated rings. The highest BCUT2D eigenvalue weighted by molar-refractivity contribution is 5.90. The monoisotopic (exact) mass is 340 g/mol. The number of benzene rings is 1. The van der Waals surface area contributed by atoms with E-state index in [4.69, 9.17) is 0 Å². The van der Waals surface area contributed by atoms with Gasteiger partial charge in [-0.2, -0.15) is 5.10 Å². The summed E-state index contributed by atoms with van der Waals surface area (Å²) < 4.78 is 1.79. The predicted molar refractivity (Wildman–Crippen MR) is 95.9 cm³/mol. The van der Waals surface area contributed by atoms with E-state index in [9.17, 15) is 9.59 Å². The number of amides is 2. The number of aromatic nitrogens is 2. The minimum atomic E-state index is -0.120. The van der Waals surface area contributed by atoms with E-state index in [0.717, 1.165) is 12.8 Å². The fourth-order valence-corrected chi connectivity index (χ4v) is 2.82. The van der Waals surface area contributed by atoms with Gasteiger partial charge in [0, 0.05) is 31.5 Å². The van der Waals surface area contributed by atoms with Crippen molar-refractivity contribution in [1.29, 1.82) is 0 Å². The first-order chi connectivity index (χ1) is 12.1. The second-order valence-corrected chi connectivity index (χ2v) is 6.58. The van der Waals surface area contributed by atoms with Gasteiger partial charge in [-0.25, -0.2) is 4.68 Å². The fraction of sp³-hybridized carbons (Fsp3) is 0.421. The number of aryl methyl sites for hydroxylation is 2. The van der Waals surface area contributed by atoms with Gasteiger partial charge < -0.3 is 10.6 Å². The molecule has 0 bridgehead atoms. The van der Waals surface area contributed by atoms with Crippen molar-refractivity contribution in [1.82, 2.24) is 15.1 Å². The lowest BCUT2D eigenvalue weighted by molar-refractivity contribution is -0.122. The third-order valence-electron chi connectivity index (χ3n) is 4.54. The number of anilines is 1. The van der Waals surface area contributed by atoms with Gasteiger partial charge in [0.25, 0.3) is 0 Å². The van der Waals surface area contributed by atoms with Crippen LogP contribution in [-0.4, -0.2) is 28.1 Å². The van der Waals surface area contributed by atoms with Gasteiger partial charge in [0.15, 0.2) is 0 Å². The molecule has 132 valence electrons. The first-order valence-corrected chi connectivity index (χ1v) is 8.77. The van der Waals surface area contributed by atoms with Crippen LogP contribution < -0.4 is 10.6 Å². The molecule has 2 N–H and O–H groups in total. The van der Waals surface area contributed by atoms with Crippen LogP contribution in [0.3, 0.4) is 0 Å². The first kappa shape index (κ1) is 17.2. The van der Waals surface area contributed by atoms with Gasteiger partial charge in [-0.05, 0) is 24.3 Å². The van der Waals surface area contributed by atoms with Crippen LogP contribution >= 0.6 is 0 Å². The molecule has 3 rings (SSSR count). The van der Waals surface area contributed by atoms with E-state index in [0.29, 0.717) is 24.8 Å². The Bertz CT molecular complexity index is 726. The fourth-order valence-electron chi connectivity index (χ4n) is 2.82. The predicted octanol–water partition coefficient (Wildman–Crippen LogP) is 2.23. The Hall–Kier alpha value is -2.63. The number of nitrogens with one attached hydrogen (secondary N) is 2. The first-order valence-electron chi connectivity index (χ1n) is 8.77. The smallest absolute Gasteiger partial charge is 0.227 e. The Morgan fingerprint density at radius 3 is 2.72 bits per heavy atom. The molecule has 6 nitrogen and oxygen atoms in total. The summed E-state index contributed by atoms with van der Waals surface area (Å²) in [5.41, 5.74) is 1.23. The van der Waals surface area contributed by atoms with E-state index in [-0.39, 0.29) is 24.2 Å². The number of hydrogen-bond acceptors (Lipinski definition) is 3. The SMILES string of the molecule is C[C@@H]1C[C@@H]1C(=O)NCCC(=O)Nc1ccnn1CCc1ccccc1. The lowest BCUT2D eigenvalue weighted by Gasteiger charge is -2.09. The molecule has 25 heavy (non-hydrogen) atoms.